The highest BCUT2D eigenvalue weighted by Crippen LogP contribution is 2.58. The molecule has 23 heteroatoms. The molecule has 56 heavy (non-hydrogen) atoms. The molecule has 0 amide bonds. The normalized spacial score (nSPS) is 30.5. The van der Waals surface area contributed by atoms with Crippen molar-refractivity contribution in [2.45, 2.75) is 65.6 Å². The van der Waals surface area contributed by atoms with Crippen molar-refractivity contribution >= 4 is 72.1 Å². The van der Waals surface area contributed by atoms with Crippen LogP contribution in [0.2, 0.25) is 0 Å². The Hall–Kier alpha value is -3.00. The van der Waals surface area contributed by atoms with E-state index in [1.807, 2.05) is 0 Å². The van der Waals surface area contributed by atoms with Gasteiger partial charge in [0.2, 0.25) is 22.2 Å². The molecule has 2 N–H and O–H groups in total. The second-order valence-electron chi connectivity index (χ2n) is 13.0. The maximum atomic E-state index is 13.8. The predicted molar refractivity (Wildman–Crippen MR) is 188 cm³/mol. The Morgan fingerprint density at radius 3 is 2.05 bits per heavy atom. The second-order valence-corrected chi connectivity index (χ2v) is 16.3. The lowest BCUT2D eigenvalue weighted by Crippen LogP contribution is -2.65. The summed E-state index contributed by atoms with van der Waals surface area (Å²) in [4.78, 5) is 55.5. The van der Waals surface area contributed by atoms with E-state index in [4.69, 9.17) is 103 Å². The van der Waals surface area contributed by atoms with Crippen molar-refractivity contribution in [2.75, 3.05) is 34.2 Å². The third-order valence-electron chi connectivity index (χ3n) is 9.75. The molecule has 0 saturated carbocycles. The van der Waals surface area contributed by atoms with Crippen LogP contribution < -0.4 is 23.5 Å². The Morgan fingerprint density at radius 2 is 1.46 bits per heavy atom. The standard InChI is InChI=1S/C33H33Cl4O18P/c1-11-46-9-20-25(50-11)26(52-31(39)28(34)35)27(53-32(40)29(36)37)33(51-20)54-23-14-7-17-16(48-10-49-17)6-13(14)21(22-15(23)8-47-30(22)38)12-4-18(44-2)24(19(5-12)45-3)55-56(41,42)43/h4-7,11,15,20-23,25-29,33H,8-10H2,1-3H3,(H2,41,42,43)/t11?,15-,20+,21+,22-,23-,25+,26-,27+,33-/m0/s1. The molecule has 4 heterocycles. The molecular weight excluding hydrogens is 857 g/mol. The van der Waals surface area contributed by atoms with Crippen LogP contribution in [0.4, 0.5) is 0 Å². The largest absolute Gasteiger partial charge is 0.525 e. The quantitative estimate of drug-likeness (QED) is 0.142. The number of carbonyl (C=O) groups is 3. The van der Waals surface area contributed by atoms with E-state index in [0.29, 0.717) is 28.2 Å². The summed E-state index contributed by atoms with van der Waals surface area (Å²) < 4.78 is 80.8. The van der Waals surface area contributed by atoms with E-state index in [-0.39, 0.29) is 37.3 Å². The summed E-state index contributed by atoms with van der Waals surface area (Å²) in [6.45, 7) is 1.25. The molecule has 2 aromatic carbocycles. The van der Waals surface area contributed by atoms with Crippen molar-refractivity contribution < 1.29 is 85.4 Å². The molecule has 1 unspecified atom stereocenters. The number of fused-ring (bicyclic) bond motifs is 4. The minimum Gasteiger partial charge on any atom is -0.493 e. The molecule has 0 spiro atoms. The van der Waals surface area contributed by atoms with Crippen LogP contribution in [0.25, 0.3) is 0 Å². The summed E-state index contributed by atoms with van der Waals surface area (Å²) in [5, 5.41) is 0. The number of phosphoric acid groups is 1. The van der Waals surface area contributed by atoms with Gasteiger partial charge in [0, 0.05) is 11.8 Å². The van der Waals surface area contributed by atoms with Crippen molar-refractivity contribution in [1.82, 2.24) is 0 Å². The molecule has 0 bridgehead atoms. The van der Waals surface area contributed by atoms with Crippen molar-refractivity contribution in [3.05, 3.63) is 41.0 Å². The zero-order valence-corrected chi connectivity index (χ0v) is 33.2. The Labute approximate surface area is 337 Å². The molecule has 0 aromatic heterocycles. The summed E-state index contributed by atoms with van der Waals surface area (Å²) in [5.74, 6) is -5.39. The minimum atomic E-state index is -5.08. The third kappa shape index (κ3) is 8.03. The molecule has 1 aliphatic carbocycles. The van der Waals surface area contributed by atoms with Crippen molar-refractivity contribution in [2.24, 2.45) is 11.8 Å². The molecule has 4 aliphatic heterocycles. The highest BCUT2D eigenvalue weighted by atomic mass is 35.5. The summed E-state index contributed by atoms with van der Waals surface area (Å²) in [6.07, 6.45) is -8.56. The van der Waals surface area contributed by atoms with Crippen LogP contribution in [-0.4, -0.2) is 109 Å². The Morgan fingerprint density at radius 1 is 0.857 bits per heavy atom. The van der Waals surface area contributed by atoms with Crippen LogP contribution in [-0.2, 0) is 52.1 Å². The van der Waals surface area contributed by atoms with Gasteiger partial charge in [0.05, 0.1) is 39.5 Å². The molecule has 3 fully saturated rings. The number of ether oxygens (including phenoxy) is 11. The number of halogens is 4. The van der Waals surface area contributed by atoms with Crippen LogP contribution in [0, 0.1) is 11.8 Å². The number of esters is 3. The zero-order chi connectivity index (χ0) is 40.2. The number of rotatable bonds is 11. The summed E-state index contributed by atoms with van der Waals surface area (Å²) >= 11 is 23.5. The fraction of sp³-hybridized carbons (Fsp3) is 0.545. The average molecular weight is 890 g/mol. The average Bonchev–Trinajstić information content (AvgIpc) is 3.77. The molecule has 2 aromatic rings. The van der Waals surface area contributed by atoms with Crippen LogP contribution in [0.15, 0.2) is 24.3 Å². The monoisotopic (exact) mass is 888 g/mol. The lowest BCUT2D eigenvalue weighted by Gasteiger charge is -2.49. The van der Waals surface area contributed by atoms with Gasteiger partial charge in [-0.3, -0.25) is 14.6 Å². The molecule has 7 rings (SSSR count). The van der Waals surface area contributed by atoms with Gasteiger partial charge in [-0.05, 0) is 47.9 Å². The van der Waals surface area contributed by atoms with E-state index in [2.05, 4.69) is 0 Å². The van der Waals surface area contributed by atoms with E-state index in [1.165, 1.54) is 26.4 Å². The zero-order valence-electron chi connectivity index (χ0n) is 29.2. The van der Waals surface area contributed by atoms with Gasteiger partial charge in [-0.1, -0.05) is 46.4 Å². The number of hydrogen-bond donors (Lipinski definition) is 2. The van der Waals surface area contributed by atoms with Gasteiger partial charge in [0.15, 0.2) is 47.8 Å². The lowest BCUT2D eigenvalue weighted by molar-refractivity contribution is -0.365. The topological polar surface area (TPSA) is 219 Å². The smallest absolute Gasteiger partial charge is 0.493 e. The predicted octanol–water partition coefficient (Wildman–Crippen LogP) is 3.81. The fourth-order valence-electron chi connectivity index (χ4n) is 7.53. The minimum absolute atomic E-state index is 0.0692. The first kappa shape index (κ1) is 41.2. The van der Waals surface area contributed by atoms with Crippen LogP contribution >= 0.6 is 54.2 Å². The second kappa shape index (κ2) is 16.3. The molecule has 3 saturated heterocycles. The van der Waals surface area contributed by atoms with Gasteiger partial charge in [0.25, 0.3) is 0 Å². The summed E-state index contributed by atoms with van der Waals surface area (Å²) in [6, 6.07) is 6.23. The molecule has 18 nitrogen and oxygen atoms in total. The van der Waals surface area contributed by atoms with Crippen molar-refractivity contribution in [3.63, 3.8) is 0 Å². The van der Waals surface area contributed by atoms with Gasteiger partial charge in [-0.25, -0.2) is 14.2 Å². The van der Waals surface area contributed by atoms with E-state index in [0.717, 1.165) is 0 Å². The van der Waals surface area contributed by atoms with E-state index in [1.54, 1.807) is 19.1 Å². The van der Waals surface area contributed by atoms with Gasteiger partial charge in [-0.2, -0.15) is 0 Å². The third-order valence-corrected chi connectivity index (χ3v) is 10.9. The van der Waals surface area contributed by atoms with E-state index >= 15 is 0 Å². The van der Waals surface area contributed by atoms with Crippen LogP contribution in [0.5, 0.6) is 28.7 Å². The van der Waals surface area contributed by atoms with Crippen LogP contribution in [0.1, 0.15) is 35.6 Å². The summed E-state index contributed by atoms with van der Waals surface area (Å²) in [5.41, 5.74) is 1.33. The van der Waals surface area contributed by atoms with Crippen LogP contribution in [0.3, 0.4) is 0 Å². The number of cyclic esters (lactones) is 1. The number of benzene rings is 2. The van der Waals surface area contributed by atoms with Crippen molar-refractivity contribution in [1.29, 1.82) is 0 Å². The number of alkyl halides is 4. The lowest BCUT2D eigenvalue weighted by atomic mass is 9.66. The Bertz CT molecular complexity index is 1890. The highest BCUT2D eigenvalue weighted by Gasteiger charge is 2.58. The molecule has 0 radical (unpaired) electrons. The number of carbonyl (C=O) groups excluding carboxylic acids is 3. The molecule has 10 atom stereocenters. The maximum absolute atomic E-state index is 13.8. The fourth-order valence-corrected chi connectivity index (χ4v) is 8.15. The van der Waals surface area contributed by atoms with E-state index < -0.39 is 96.3 Å². The number of hydrogen-bond acceptors (Lipinski definition) is 16. The SMILES string of the molecule is COc1cc([C@@H]2c3cc4c(cc3[C@H](O[C@@H]3O[C@@H]5COC(C)O[C@H]5[C@H](OC(=O)C(Cl)Cl)[C@H]3OC(=O)C(Cl)Cl)[C@H]3COC(=O)[C@H]23)OCO4)cc(OC)c1OP(=O)(O)O. The number of methoxy groups -OCH3 is 2. The first-order chi connectivity index (χ1) is 26.6. The van der Waals surface area contributed by atoms with Gasteiger partial charge in [0.1, 0.15) is 12.2 Å². The molecule has 5 aliphatic rings. The molecular formula is C33H33Cl4O18P. The van der Waals surface area contributed by atoms with Crippen molar-refractivity contribution in [3.8, 4) is 28.7 Å². The van der Waals surface area contributed by atoms with Gasteiger partial charge in [-0.15, -0.1) is 0 Å². The maximum Gasteiger partial charge on any atom is 0.525 e. The Kier molecular flexibility index (Phi) is 12.0. The molecule has 306 valence electrons. The van der Waals surface area contributed by atoms with E-state index in [9.17, 15) is 28.7 Å². The highest BCUT2D eigenvalue weighted by molar-refractivity contribution is 7.46. The Balaban J connectivity index is 1.35. The first-order valence-electron chi connectivity index (χ1n) is 16.7. The van der Waals surface area contributed by atoms with Gasteiger partial charge < -0.3 is 56.6 Å². The summed E-state index contributed by atoms with van der Waals surface area (Å²) in [7, 11) is -2.55. The number of phosphoric ester groups is 1. The first-order valence-corrected chi connectivity index (χ1v) is 20.0. The van der Waals surface area contributed by atoms with Gasteiger partial charge >= 0.3 is 25.7 Å².